The highest BCUT2D eigenvalue weighted by Gasteiger charge is 2.31. The zero-order valence-corrected chi connectivity index (χ0v) is 11.2. The molecule has 3 nitrogen and oxygen atoms in total. The van der Waals surface area contributed by atoms with Crippen LogP contribution in [0.5, 0.6) is 0 Å². The van der Waals surface area contributed by atoms with Crippen molar-refractivity contribution in [3.8, 4) is 6.07 Å². The van der Waals surface area contributed by atoms with E-state index in [1.165, 1.54) is 6.07 Å². The lowest BCUT2D eigenvalue weighted by Crippen LogP contribution is -2.18. The van der Waals surface area contributed by atoms with Crippen LogP contribution in [-0.4, -0.2) is 12.0 Å². The molecule has 0 unspecified atom stereocenters. The highest BCUT2D eigenvalue weighted by molar-refractivity contribution is 5.60. The maximum Gasteiger partial charge on any atom is 0.416 e. The van der Waals surface area contributed by atoms with Crippen molar-refractivity contribution in [1.82, 2.24) is 4.98 Å². The van der Waals surface area contributed by atoms with Crippen LogP contribution >= 0.6 is 0 Å². The van der Waals surface area contributed by atoms with Gasteiger partial charge in [0.15, 0.2) is 0 Å². The van der Waals surface area contributed by atoms with E-state index >= 15 is 0 Å². The molecule has 0 aliphatic heterocycles. The summed E-state index contributed by atoms with van der Waals surface area (Å²) < 4.78 is 38.0. The molecule has 2 rings (SSSR count). The van der Waals surface area contributed by atoms with E-state index in [1.807, 2.05) is 18.2 Å². The van der Waals surface area contributed by atoms with Gasteiger partial charge in [0.05, 0.1) is 16.8 Å². The molecule has 0 saturated carbocycles. The molecule has 0 spiro atoms. The van der Waals surface area contributed by atoms with Crippen molar-refractivity contribution in [1.29, 1.82) is 5.26 Å². The summed E-state index contributed by atoms with van der Waals surface area (Å²) in [6.45, 7) is 0.475. The van der Waals surface area contributed by atoms with E-state index in [2.05, 4.69) is 4.98 Å². The highest BCUT2D eigenvalue weighted by Crippen LogP contribution is 2.32. The van der Waals surface area contributed by atoms with Crippen LogP contribution in [0.3, 0.4) is 0 Å². The molecule has 21 heavy (non-hydrogen) atoms. The predicted octanol–water partition coefficient (Wildman–Crippen LogP) is 3.61. The number of pyridine rings is 1. The summed E-state index contributed by atoms with van der Waals surface area (Å²) in [5, 5.41) is 9.07. The Kier molecular flexibility index (Phi) is 4.13. The molecule has 0 saturated heterocycles. The molecular weight excluding hydrogens is 279 g/mol. The Morgan fingerprint density at radius 3 is 2.43 bits per heavy atom. The first-order chi connectivity index (χ1) is 9.91. The zero-order valence-electron chi connectivity index (χ0n) is 11.2. The van der Waals surface area contributed by atoms with Crippen molar-refractivity contribution in [2.45, 2.75) is 12.7 Å². The van der Waals surface area contributed by atoms with Gasteiger partial charge in [0, 0.05) is 26.0 Å². The van der Waals surface area contributed by atoms with Gasteiger partial charge in [-0.1, -0.05) is 0 Å². The fourth-order valence-corrected chi connectivity index (χ4v) is 1.98. The molecule has 6 heteroatoms. The quantitative estimate of drug-likeness (QED) is 0.867. The Morgan fingerprint density at radius 1 is 1.19 bits per heavy atom. The molecule has 0 amide bonds. The van der Waals surface area contributed by atoms with E-state index in [0.717, 1.165) is 17.7 Å². The predicted molar refractivity (Wildman–Crippen MR) is 72.5 cm³/mol. The number of rotatable bonds is 3. The lowest BCUT2D eigenvalue weighted by Gasteiger charge is -2.21. The number of alkyl halides is 3. The largest absolute Gasteiger partial charge is 0.416 e. The van der Waals surface area contributed by atoms with Gasteiger partial charge < -0.3 is 4.90 Å². The van der Waals surface area contributed by atoms with Gasteiger partial charge >= 0.3 is 6.18 Å². The van der Waals surface area contributed by atoms with Gasteiger partial charge in [0.2, 0.25) is 0 Å². The van der Waals surface area contributed by atoms with Crippen molar-refractivity contribution >= 4 is 5.69 Å². The molecule has 2 aromatic rings. The van der Waals surface area contributed by atoms with Crippen LogP contribution in [-0.2, 0) is 12.7 Å². The van der Waals surface area contributed by atoms with Gasteiger partial charge in [-0.2, -0.15) is 18.4 Å². The monoisotopic (exact) mass is 291 g/mol. The number of anilines is 1. The molecule has 0 aliphatic rings. The van der Waals surface area contributed by atoms with Crippen molar-refractivity contribution in [3.63, 3.8) is 0 Å². The number of hydrogen-bond acceptors (Lipinski definition) is 3. The Bertz CT molecular complexity index is 660. The van der Waals surface area contributed by atoms with Crippen LogP contribution < -0.4 is 4.90 Å². The number of hydrogen-bond donors (Lipinski definition) is 0. The van der Waals surface area contributed by atoms with Crippen molar-refractivity contribution in [2.24, 2.45) is 0 Å². The summed E-state index contributed by atoms with van der Waals surface area (Å²) in [5.74, 6) is 0. The van der Waals surface area contributed by atoms with E-state index < -0.39 is 11.7 Å². The lowest BCUT2D eigenvalue weighted by atomic mass is 10.1. The minimum atomic E-state index is -4.45. The van der Waals surface area contributed by atoms with Crippen LogP contribution in [0.15, 0.2) is 42.7 Å². The van der Waals surface area contributed by atoms with Crippen molar-refractivity contribution in [2.75, 3.05) is 11.9 Å². The van der Waals surface area contributed by atoms with Gasteiger partial charge in [-0.3, -0.25) is 4.98 Å². The smallest absolute Gasteiger partial charge is 0.369 e. The highest BCUT2D eigenvalue weighted by atomic mass is 19.4. The Morgan fingerprint density at radius 2 is 1.86 bits per heavy atom. The van der Waals surface area contributed by atoms with E-state index in [4.69, 9.17) is 5.26 Å². The minimum Gasteiger partial charge on any atom is -0.369 e. The SMILES string of the molecule is CN(Cc1ccncc1)c1ccc(C(F)(F)F)cc1C#N. The summed E-state index contributed by atoms with van der Waals surface area (Å²) in [7, 11) is 1.73. The molecule has 1 aromatic carbocycles. The molecule has 0 N–H and O–H groups in total. The van der Waals surface area contributed by atoms with Gasteiger partial charge in [-0.05, 0) is 35.9 Å². The molecule has 0 radical (unpaired) electrons. The second-order valence-corrected chi connectivity index (χ2v) is 4.55. The van der Waals surface area contributed by atoms with Crippen LogP contribution in [0, 0.1) is 11.3 Å². The van der Waals surface area contributed by atoms with Crippen LogP contribution in [0.25, 0.3) is 0 Å². The average molecular weight is 291 g/mol. The van der Waals surface area contributed by atoms with Crippen LogP contribution in [0.1, 0.15) is 16.7 Å². The average Bonchev–Trinajstić information content (AvgIpc) is 2.46. The van der Waals surface area contributed by atoms with Gasteiger partial charge in [0.1, 0.15) is 6.07 Å². The van der Waals surface area contributed by atoms with E-state index in [1.54, 1.807) is 24.3 Å². The number of halogens is 3. The molecular formula is C15H12F3N3. The fraction of sp³-hybridized carbons (Fsp3) is 0.200. The summed E-state index contributed by atoms with van der Waals surface area (Å²) in [6.07, 6.45) is -1.17. The summed E-state index contributed by atoms with van der Waals surface area (Å²) in [6, 6.07) is 8.63. The third-order valence-corrected chi connectivity index (χ3v) is 3.02. The van der Waals surface area contributed by atoms with E-state index in [9.17, 15) is 13.2 Å². The standard InChI is InChI=1S/C15H12F3N3/c1-21(10-11-4-6-20-7-5-11)14-3-2-13(15(16,17)18)8-12(14)9-19/h2-8H,10H2,1H3. The van der Waals surface area contributed by atoms with Crippen molar-refractivity contribution < 1.29 is 13.2 Å². The summed E-state index contributed by atoms with van der Waals surface area (Å²) in [5.41, 5.74) is 0.597. The van der Waals surface area contributed by atoms with Gasteiger partial charge in [-0.15, -0.1) is 0 Å². The first-order valence-corrected chi connectivity index (χ1v) is 6.13. The second-order valence-electron chi connectivity index (χ2n) is 4.55. The molecule has 0 atom stereocenters. The summed E-state index contributed by atoms with van der Waals surface area (Å²) >= 11 is 0. The van der Waals surface area contributed by atoms with Crippen molar-refractivity contribution in [3.05, 3.63) is 59.4 Å². The third kappa shape index (κ3) is 3.51. The second kappa shape index (κ2) is 5.83. The molecule has 0 fully saturated rings. The summed E-state index contributed by atoms with van der Waals surface area (Å²) in [4.78, 5) is 5.63. The normalized spacial score (nSPS) is 11.0. The zero-order chi connectivity index (χ0) is 15.5. The molecule has 1 heterocycles. The number of benzene rings is 1. The molecule has 1 aromatic heterocycles. The number of nitriles is 1. The maximum absolute atomic E-state index is 12.7. The topological polar surface area (TPSA) is 39.9 Å². The van der Waals surface area contributed by atoms with Gasteiger partial charge in [-0.25, -0.2) is 0 Å². The first-order valence-electron chi connectivity index (χ1n) is 6.13. The Labute approximate surface area is 120 Å². The fourth-order valence-electron chi connectivity index (χ4n) is 1.98. The Balaban J connectivity index is 2.29. The molecule has 0 bridgehead atoms. The molecule has 0 aliphatic carbocycles. The minimum absolute atomic E-state index is 0.00128. The van der Waals surface area contributed by atoms with Crippen LogP contribution in [0.2, 0.25) is 0 Å². The number of aromatic nitrogens is 1. The van der Waals surface area contributed by atoms with Gasteiger partial charge in [0.25, 0.3) is 0 Å². The van der Waals surface area contributed by atoms with Crippen LogP contribution in [0.4, 0.5) is 18.9 Å². The lowest BCUT2D eigenvalue weighted by molar-refractivity contribution is -0.137. The van der Waals surface area contributed by atoms with E-state index in [0.29, 0.717) is 12.2 Å². The molecule has 108 valence electrons. The third-order valence-electron chi connectivity index (χ3n) is 3.02. The van der Waals surface area contributed by atoms with E-state index in [-0.39, 0.29) is 5.56 Å². The maximum atomic E-state index is 12.7. The number of nitrogens with zero attached hydrogens (tertiary/aromatic N) is 3. The Hall–Kier alpha value is -2.55. The first kappa shape index (κ1) is 14.9.